The molecule has 0 aromatic rings. The van der Waals surface area contributed by atoms with Crippen LogP contribution >= 0.6 is 0 Å². The molecular formula is C12H21N3O2. The van der Waals surface area contributed by atoms with Crippen LogP contribution in [0.15, 0.2) is 0 Å². The zero-order chi connectivity index (χ0) is 12.3. The number of hydrogen-bond acceptors (Lipinski definition) is 3. The summed E-state index contributed by atoms with van der Waals surface area (Å²) in [6.07, 6.45) is 3.31. The molecule has 0 saturated carbocycles. The monoisotopic (exact) mass is 239 g/mol. The van der Waals surface area contributed by atoms with E-state index in [1.54, 1.807) is 0 Å². The lowest BCUT2D eigenvalue weighted by molar-refractivity contribution is -0.136. The molecule has 96 valence electrons. The predicted molar refractivity (Wildman–Crippen MR) is 64.4 cm³/mol. The maximum absolute atomic E-state index is 12.3. The molecule has 2 saturated heterocycles. The van der Waals surface area contributed by atoms with Gasteiger partial charge in [0.25, 0.3) is 0 Å². The van der Waals surface area contributed by atoms with Gasteiger partial charge in [0.1, 0.15) is 6.04 Å². The third-order valence-electron chi connectivity index (χ3n) is 3.63. The molecule has 0 aromatic carbocycles. The van der Waals surface area contributed by atoms with Gasteiger partial charge in [0.05, 0.1) is 0 Å². The van der Waals surface area contributed by atoms with Crippen molar-refractivity contribution in [1.82, 2.24) is 15.5 Å². The van der Waals surface area contributed by atoms with Crippen LogP contribution in [-0.2, 0) is 9.59 Å². The Kier molecular flexibility index (Phi) is 3.99. The van der Waals surface area contributed by atoms with Gasteiger partial charge in [-0.25, -0.2) is 0 Å². The van der Waals surface area contributed by atoms with E-state index in [4.69, 9.17) is 0 Å². The zero-order valence-electron chi connectivity index (χ0n) is 10.4. The topological polar surface area (TPSA) is 61.4 Å². The number of piperidine rings is 1. The lowest BCUT2D eigenvalue weighted by Gasteiger charge is -2.35. The van der Waals surface area contributed by atoms with E-state index in [0.29, 0.717) is 18.9 Å². The maximum Gasteiger partial charge on any atom is 0.245 e. The molecule has 17 heavy (non-hydrogen) atoms. The van der Waals surface area contributed by atoms with Crippen LogP contribution in [-0.4, -0.2) is 48.4 Å². The summed E-state index contributed by atoms with van der Waals surface area (Å²) in [7, 11) is 0. The molecule has 5 heteroatoms. The van der Waals surface area contributed by atoms with Crippen molar-refractivity contribution in [2.75, 3.05) is 19.6 Å². The summed E-state index contributed by atoms with van der Waals surface area (Å²) in [5, 5.41) is 6.08. The third-order valence-corrected chi connectivity index (χ3v) is 3.63. The zero-order valence-corrected chi connectivity index (χ0v) is 10.4. The predicted octanol–water partition coefficient (Wildman–Crippen LogP) is -0.134. The standard InChI is InChI=1S/C12H21N3O2/c1-2-15(9-4-3-7-13-8-9)12(17)10-5-6-11(16)14-10/h9-10,13H,2-8H2,1H3,(H,14,16)/t9?,10-/m1/s1. The number of rotatable bonds is 3. The van der Waals surface area contributed by atoms with Crippen LogP contribution < -0.4 is 10.6 Å². The molecular weight excluding hydrogens is 218 g/mol. The molecule has 2 rings (SSSR count). The minimum absolute atomic E-state index is 0.00109. The molecule has 2 heterocycles. The van der Waals surface area contributed by atoms with E-state index in [2.05, 4.69) is 10.6 Å². The Hall–Kier alpha value is -1.10. The lowest BCUT2D eigenvalue weighted by atomic mass is 10.0. The molecule has 1 unspecified atom stereocenters. The van der Waals surface area contributed by atoms with Gasteiger partial charge in [-0.05, 0) is 32.7 Å². The molecule has 0 spiro atoms. The van der Waals surface area contributed by atoms with E-state index in [0.717, 1.165) is 32.5 Å². The van der Waals surface area contributed by atoms with Gasteiger partial charge in [0.2, 0.25) is 11.8 Å². The highest BCUT2D eigenvalue weighted by molar-refractivity contribution is 5.91. The van der Waals surface area contributed by atoms with Gasteiger partial charge in [0, 0.05) is 25.6 Å². The van der Waals surface area contributed by atoms with E-state index >= 15 is 0 Å². The minimum atomic E-state index is -0.288. The van der Waals surface area contributed by atoms with Crippen LogP contribution in [0.5, 0.6) is 0 Å². The summed E-state index contributed by atoms with van der Waals surface area (Å²) in [4.78, 5) is 25.4. The highest BCUT2D eigenvalue weighted by Crippen LogP contribution is 2.15. The molecule has 2 amide bonds. The van der Waals surface area contributed by atoms with Crippen molar-refractivity contribution in [3.63, 3.8) is 0 Å². The molecule has 2 aliphatic rings. The molecule has 0 radical (unpaired) electrons. The highest BCUT2D eigenvalue weighted by atomic mass is 16.2. The van der Waals surface area contributed by atoms with Crippen molar-refractivity contribution >= 4 is 11.8 Å². The minimum Gasteiger partial charge on any atom is -0.344 e. The van der Waals surface area contributed by atoms with E-state index in [1.807, 2.05) is 11.8 Å². The van der Waals surface area contributed by atoms with Gasteiger partial charge in [-0.15, -0.1) is 0 Å². The van der Waals surface area contributed by atoms with Crippen LogP contribution in [0, 0.1) is 0 Å². The van der Waals surface area contributed by atoms with E-state index in [1.165, 1.54) is 0 Å². The number of amides is 2. The number of nitrogens with zero attached hydrogens (tertiary/aromatic N) is 1. The molecule has 0 aliphatic carbocycles. The van der Waals surface area contributed by atoms with Crippen LogP contribution in [0.2, 0.25) is 0 Å². The van der Waals surface area contributed by atoms with Crippen molar-refractivity contribution in [1.29, 1.82) is 0 Å². The van der Waals surface area contributed by atoms with Gasteiger partial charge in [-0.3, -0.25) is 9.59 Å². The first-order valence-corrected chi connectivity index (χ1v) is 6.53. The van der Waals surface area contributed by atoms with Crippen molar-refractivity contribution in [3.05, 3.63) is 0 Å². The van der Waals surface area contributed by atoms with Gasteiger partial charge >= 0.3 is 0 Å². The second kappa shape index (κ2) is 5.49. The average Bonchev–Trinajstić information content (AvgIpc) is 2.78. The van der Waals surface area contributed by atoms with Gasteiger partial charge in [-0.1, -0.05) is 0 Å². The first-order chi connectivity index (χ1) is 8.22. The average molecular weight is 239 g/mol. The maximum atomic E-state index is 12.3. The molecule has 0 bridgehead atoms. The lowest BCUT2D eigenvalue weighted by Crippen LogP contribution is -2.53. The van der Waals surface area contributed by atoms with Crippen LogP contribution in [0.3, 0.4) is 0 Å². The Morgan fingerprint density at radius 1 is 1.47 bits per heavy atom. The number of carbonyl (C=O) groups excluding carboxylic acids is 2. The smallest absolute Gasteiger partial charge is 0.245 e. The van der Waals surface area contributed by atoms with E-state index in [-0.39, 0.29) is 17.9 Å². The second-order valence-corrected chi connectivity index (χ2v) is 4.78. The Morgan fingerprint density at radius 3 is 2.82 bits per heavy atom. The Labute approximate surface area is 102 Å². The molecule has 5 nitrogen and oxygen atoms in total. The SMILES string of the molecule is CCN(C(=O)[C@H]1CCC(=O)N1)C1CCCNC1. The number of likely N-dealkylation sites (N-methyl/N-ethyl adjacent to an activating group) is 1. The first-order valence-electron chi connectivity index (χ1n) is 6.53. The van der Waals surface area contributed by atoms with E-state index < -0.39 is 0 Å². The van der Waals surface area contributed by atoms with Crippen molar-refractivity contribution in [2.45, 2.75) is 44.7 Å². The Bertz CT molecular complexity index is 300. The fourth-order valence-electron chi connectivity index (χ4n) is 2.69. The largest absolute Gasteiger partial charge is 0.344 e. The summed E-state index contributed by atoms with van der Waals surface area (Å²) in [5.41, 5.74) is 0. The quantitative estimate of drug-likeness (QED) is 0.721. The fourth-order valence-corrected chi connectivity index (χ4v) is 2.69. The van der Waals surface area contributed by atoms with Crippen LogP contribution in [0.25, 0.3) is 0 Å². The molecule has 2 atom stereocenters. The number of carbonyl (C=O) groups is 2. The molecule has 2 fully saturated rings. The van der Waals surface area contributed by atoms with Crippen LogP contribution in [0.1, 0.15) is 32.6 Å². The normalized spacial score (nSPS) is 28.9. The first kappa shape index (κ1) is 12.4. The summed E-state index contributed by atoms with van der Waals surface area (Å²) in [6, 6.07) is 0.00290. The second-order valence-electron chi connectivity index (χ2n) is 4.78. The number of hydrogen-bond donors (Lipinski definition) is 2. The highest BCUT2D eigenvalue weighted by Gasteiger charge is 2.33. The third kappa shape index (κ3) is 2.77. The molecule has 0 aromatic heterocycles. The summed E-state index contributed by atoms with van der Waals surface area (Å²) in [5.74, 6) is 0.0909. The van der Waals surface area contributed by atoms with Crippen molar-refractivity contribution in [2.24, 2.45) is 0 Å². The van der Waals surface area contributed by atoms with Crippen LogP contribution in [0.4, 0.5) is 0 Å². The number of nitrogens with one attached hydrogen (secondary N) is 2. The van der Waals surface area contributed by atoms with Crippen molar-refractivity contribution in [3.8, 4) is 0 Å². The van der Waals surface area contributed by atoms with Gasteiger partial charge in [-0.2, -0.15) is 0 Å². The Morgan fingerprint density at radius 2 is 2.29 bits per heavy atom. The summed E-state index contributed by atoms with van der Waals surface area (Å²) < 4.78 is 0. The molecule has 2 aliphatic heterocycles. The van der Waals surface area contributed by atoms with Gasteiger partial charge < -0.3 is 15.5 Å². The van der Waals surface area contributed by atoms with Gasteiger partial charge in [0.15, 0.2) is 0 Å². The fraction of sp³-hybridized carbons (Fsp3) is 0.833. The molecule has 2 N–H and O–H groups in total. The summed E-state index contributed by atoms with van der Waals surface area (Å²) >= 11 is 0. The summed E-state index contributed by atoms with van der Waals surface area (Å²) in [6.45, 7) is 4.64. The Balaban J connectivity index is 1.96. The van der Waals surface area contributed by atoms with E-state index in [9.17, 15) is 9.59 Å². The van der Waals surface area contributed by atoms with Crippen molar-refractivity contribution < 1.29 is 9.59 Å².